The number of hydrogen-bond acceptors (Lipinski definition) is 5. The van der Waals surface area contributed by atoms with Crippen LogP contribution in [0.5, 0.6) is 0 Å². The van der Waals surface area contributed by atoms with Crippen LogP contribution < -0.4 is 5.32 Å². The predicted octanol–water partition coefficient (Wildman–Crippen LogP) is 7.70. The number of hydrogen-bond donors (Lipinski definition) is 3. The number of thioether (sulfide) groups is 1. The summed E-state index contributed by atoms with van der Waals surface area (Å²) in [7, 11) is 0. The van der Waals surface area contributed by atoms with Gasteiger partial charge in [0.15, 0.2) is 0 Å². The molecule has 1 heterocycles. The molecule has 178 valence electrons. The fourth-order valence-electron chi connectivity index (χ4n) is 4.72. The van der Waals surface area contributed by atoms with Crippen LogP contribution in [0.4, 0.5) is 0 Å². The molecule has 1 unspecified atom stereocenters. The minimum absolute atomic E-state index is 0.191. The van der Waals surface area contributed by atoms with Gasteiger partial charge in [-0.2, -0.15) is 0 Å². The second kappa shape index (κ2) is 9.88. The maximum atomic E-state index is 8.88. The zero-order valence-electron chi connectivity index (χ0n) is 20.0. The van der Waals surface area contributed by atoms with E-state index in [9.17, 15) is 0 Å². The molecule has 0 radical (unpaired) electrons. The number of nitrogens with zero attached hydrogens (tertiary/aromatic N) is 1. The molecule has 4 nitrogen and oxygen atoms in total. The molecule has 0 fully saturated rings. The van der Waals surface area contributed by atoms with Crippen molar-refractivity contribution in [2.24, 2.45) is 4.99 Å². The van der Waals surface area contributed by atoms with Gasteiger partial charge >= 0.3 is 0 Å². The van der Waals surface area contributed by atoms with E-state index >= 15 is 0 Å². The third-order valence-corrected chi connectivity index (χ3v) is 7.36. The molecule has 0 saturated carbocycles. The molecule has 6 rings (SSSR count). The highest BCUT2D eigenvalue weighted by Crippen LogP contribution is 2.35. The van der Waals surface area contributed by atoms with E-state index in [1.54, 1.807) is 0 Å². The van der Waals surface area contributed by atoms with Gasteiger partial charge in [-0.1, -0.05) is 109 Å². The van der Waals surface area contributed by atoms with Gasteiger partial charge in [-0.25, -0.2) is 4.99 Å². The summed E-state index contributed by atoms with van der Waals surface area (Å²) in [4.78, 5) is 4.84. The van der Waals surface area contributed by atoms with Crippen molar-refractivity contribution in [1.29, 1.82) is 10.8 Å². The summed E-state index contributed by atoms with van der Waals surface area (Å²) in [6, 6.07) is 38.5. The summed E-state index contributed by atoms with van der Waals surface area (Å²) in [5.41, 5.74) is 3.44. The summed E-state index contributed by atoms with van der Waals surface area (Å²) in [6.45, 7) is 0. The van der Waals surface area contributed by atoms with Gasteiger partial charge in [0, 0.05) is 11.1 Å². The lowest BCUT2D eigenvalue weighted by atomic mass is 9.92. The molecule has 5 aromatic rings. The third-order valence-electron chi connectivity index (χ3n) is 6.50. The molecular weight excluding hydrogens is 472 g/mol. The van der Waals surface area contributed by atoms with Crippen molar-refractivity contribution in [3.8, 4) is 0 Å². The van der Waals surface area contributed by atoms with Crippen molar-refractivity contribution in [3.63, 3.8) is 0 Å². The lowest BCUT2D eigenvalue weighted by molar-refractivity contribution is 0.779. The Labute approximate surface area is 219 Å². The van der Waals surface area contributed by atoms with Crippen molar-refractivity contribution >= 4 is 49.2 Å². The Balaban J connectivity index is 1.45. The zero-order chi connectivity index (χ0) is 25.2. The number of nitrogens with one attached hydrogen (secondary N) is 3. The Morgan fingerprint density at radius 2 is 1.30 bits per heavy atom. The Morgan fingerprint density at radius 1 is 0.676 bits per heavy atom. The second-order valence-corrected chi connectivity index (χ2v) is 9.88. The summed E-state index contributed by atoms with van der Waals surface area (Å²) < 4.78 is 0. The van der Waals surface area contributed by atoms with Crippen LogP contribution in [0.2, 0.25) is 0 Å². The van der Waals surface area contributed by atoms with E-state index < -0.39 is 0 Å². The van der Waals surface area contributed by atoms with Crippen molar-refractivity contribution in [2.75, 3.05) is 0 Å². The highest BCUT2D eigenvalue weighted by atomic mass is 32.2. The average Bonchev–Trinajstić information content (AvgIpc) is 2.97. The minimum Gasteiger partial charge on any atom is -0.359 e. The van der Waals surface area contributed by atoms with Gasteiger partial charge < -0.3 is 5.32 Å². The lowest BCUT2D eigenvalue weighted by Crippen LogP contribution is -2.32. The van der Waals surface area contributed by atoms with Crippen LogP contribution in [0.3, 0.4) is 0 Å². The number of aliphatic imine (C=N–C) groups is 1. The molecule has 0 amide bonds. The molecule has 1 aliphatic heterocycles. The number of fused-ring (bicyclic) bond motifs is 3. The molecule has 0 aromatic heterocycles. The topological polar surface area (TPSA) is 72.1 Å². The first-order chi connectivity index (χ1) is 18.2. The molecule has 5 aromatic carbocycles. The molecular formula is C32H24N4S. The molecule has 0 bridgehead atoms. The van der Waals surface area contributed by atoms with Crippen LogP contribution >= 0.6 is 11.8 Å². The summed E-state index contributed by atoms with van der Waals surface area (Å²) in [6.07, 6.45) is 2.01. The van der Waals surface area contributed by atoms with E-state index in [-0.39, 0.29) is 11.1 Å². The molecule has 3 N–H and O–H groups in total. The van der Waals surface area contributed by atoms with E-state index in [0.717, 1.165) is 34.3 Å². The van der Waals surface area contributed by atoms with Crippen molar-refractivity contribution in [1.82, 2.24) is 5.32 Å². The average molecular weight is 497 g/mol. The monoisotopic (exact) mass is 496 g/mol. The molecule has 0 aliphatic carbocycles. The first kappa shape index (κ1) is 23.0. The van der Waals surface area contributed by atoms with E-state index in [1.807, 2.05) is 66.7 Å². The third kappa shape index (κ3) is 4.57. The van der Waals surface area contributed by atoms with E-state index in [4.69, 9.17) is 15.8 Å². The summed E-state index contributed by atoms with van der Waals surface area (Å²) >= 11 is 1.12. The standard InChI is InChI=1S/C32H24N4S/c33-30(21-11-3-1-4-12-21)37-31(34)29-20-28(35-32(36-29)22-13-5-2-6-14-22)27-19-23-15-7-8-16-24(23)25-17-9-10-18-26(25)27/h1-20,28,33-34H,(H,35,36). The summed E-state index contributed by atoms with van der Waals surface area (Å²) in [5.74, 6) is 0.719. The van der Waals surface area contributed by atoms with Gasteiger partial charge in [0.1, 0.15) is 15.9 Å². The quantitative estimate of drug-likeness (QED) is 0.135. The molecule has 37 heavy (non-hydrogen) atoms. The molecule has 5 heteroatoms. The van der Waals surface area contributed by atoms with E-state index in [0.29, 0.717) is 10.7 Å². The van der Waals surface area contributed by atoms with Crippen LogP contribution in [0, 0.1) is 10.8 Å². The van der Waals surface area contributed by atoms with Gasteiger partial charge in [0.25, 0.3) is 0 Å². The minimum atomic E-state index is -0.191. The van der Waals surface area contributed by atoms with Crippen molar-refractivity contribution in [3.05, 3.63) is 144 Å². The Hall–Kier alpha value is -4.48. The largest absolute Gasteiger partial charge is 0.359 e. The van der Waals surface area contributed by atoms with Gasteiger partial charge in [0.05, 0.1) is 11.7 Å². The van der Waals surface area contributed by atoms with Crippen LogP contribution in [0.1, 0.15) is 22.7 Å². The molecule has 0 saturated heterocycles. The number of amidine groups is 1. The van der Waals surface area contributed by atoms with E-state index in [2.05, 4.69) is 59.9 Å². The van der Waals surface area contributed by atoms with Gasteiger partial charge in [-0.15, -0.1) is 0 Å². The van der Waals surface area contributed by atoms with Crippen LogP contribution in [0.25, 0.3) is 21.5 Å². The Kier molecular flexibility index (Phi) is 6.13. The number of rotatable bonds is 4. The number of benzene rings is 5. The fourth-order valence-corrected chi connectivity index (χ4v) is 5.39. The first-order valence-corrected chi connectivity index (χ1v) is 12.9. The van der Waals surface area contributed by atoms with Gasteiger partial charge in [0.2, 0.25) is 0 Å². The second-order valence-electron chi connectivity index (χ2n) is 8.86. The molecule has 1 atom stereocenters. The smallest absolute Gasteiger partial charge is 0.134 e. The van der Waals surface area contributed by atoms with Crippen molar-refractivity contribution < 1.29 is 0 Å². The Morgan fingerprint density at radius 3 is 2.05 bits per heavy atom. The van der Waals surface area contributed by atoms with Gasteiger partial charge in [-0.05, 0) is 51.0 Å². The summed E-state index contributed by atoms with van der Waals surface area (Å²) in [5, 5.41) is 26.4. The normalized spacial score (nSPS) is 15.1. The maximum absolute atomic E-state index is 8.88. The predicted molar refractivity (Wildman–Crippen MR) is 157 cm³/mol. The fraction of sp³-hybridized carbons (Fsp3) is 0.0312. The highest BCUT2D eigenvalue weighted by molar-refractivity contribution is 8.27. The maximum Gasteiger partial charge on any atom is 0.134 e. The SMILES string of the molecule is N=C(SC(=N)c1ccccc1)C1=CC(c2cc3ccccc3c3ccccc23)NC(c2ccccc2)=N1. The zero-order valence-corrected chi connectivity index (χ0v) is 20.8. The molecule has 0 spiro atoms. The first-order valence-electron chi connectivity index (χ1n) is 12.1. The van der Waals surface area contributed by atoms with Crippen LogP contribution in [-0.2, 0) is 0 Å². The highest BCUT2D eigenvalue weighted by Gasteiger charge is 2.24. The van der Waals surface area contributed by atoms with Crippen molar-refractivity contribution in [2.45, 2.75) is 6.04 Å². The molecule has 1 aliphatic rings. The van der Waals surface area contributed by atoms with Crippen LogP contribution in [0.15, 0.2) is 132 Å². The lowest BCUT2D eigenvalue weighted by Gasteiger charge is -2.26. The Bertz CT molecular complexity index is 1710. The van der Waals surface area contributed by atoms with Crippen LogP contribution in [-0.4, -0.2) is 15.9 Å². The van der Waals surface area contributed by atoms with E-state index in [1.165, 1.54) is 21.5 Å². The van der Waals surface area contributed by atoms with Gasteiger partial charge in [-0.3, -0.25) is 10.8 Å².